The van der Waals surface area contributed by atoms with E-state index in [1.165, 1.54) is 0 Å². The molecule has 1 aromatic rings. The zero-order chi connectivity index (χ0) is 22.9. The second-order valence-electron chi connectivity index (χ2n) is 8.30. The van der Waals surface area contributed by atoms with Crippen LogP contribution in [0, 0.1) is 29.6 Å². The number of aromatic nitrogens is 1. The van der Waals surface area contributed by atoms with Crippen molar-refractivity contribution in [2.24, 2.45) is 34.7 Å². The minimum Gasteiger partial charge on any atom is -0.477 e. The van der Waals surface area contributed by atoms with Gasteiger partial charge in [0.2, 0.25) is 11.8 Å². The Morgan fingerprint density at radius 1 is 1.25 bits per heavy atom. The normalized spacial score (nSPS) is 32.6. The number of carboxylic acid groups (broad SMARTS) is 1. The highest BCUT2D eigenvalue weighted by Gasteiger charge is 2.70. The van der Waals surface area contributed by atoms with Crippen LogP contribution in [0.25, 0.3) is 0 Å². The summed E-state index contributed by atoms with van der Waals surface area (Å²) in [4.78, 5) is 47.5. The third-order valence-corrected chi connectivity index (χ3v) is 7.09. The van der Waals surface area contributed by atoms with Crippen LogP contribution in [-0.2, 0) is 25.4 Å². The van der Waals surface area contributed by atoms with Gasteiger partial charge in [-0.05, 0) is 18.4 Å². The van der Waals surface area contributed by atoms with Crippen LogP contribution in [0.2, 0.25) is 5.02 Å². The maximum absolute atomic E-state index is 13.0. The van der Waals surface area contributed by atoms with Gasteiger partial charge in [-0.15, -0.1) is 0 Å². The predicted molar refractivity (Wildman–Crippen MR) is 101 cm³/mol. The van der Waals surface area contributed by atoms with Gasteiger partial charge in [0, 0.05) is 25.2 Å². The quantitative estimate of drug-likeness (QED) is 0.627. The van der Waals surface area contributed by atoms with Crippen LogP contribution in [0.15, 0.2) is 17.4 Å². The Hall–Kier alpha value is -2.89. The zero-order valence-electron chi connectivity index (χ0n) is 16.2. The predicted octanol–water partition coefficient (Wildman–Crippen LogP) is 1.87. The van der Waals surface area contributed by atoms with E-state index in [-0.39, 0.29) is 53.3 Å². The molecule has 2 N–H and O–H groups in total. The fourth-order valence-electron chi connectivity index (χ4n) is 5.59. The highest BCUT2D eigenvalue weighted by molar-refractivity contribution is 6.37. The number of alkyl halides is 3. The van der Waals surface area contributed by atoms with E-state index in [4.69, 9.17) is 16.4 Å². The average molecular weight is 473 g/mol. The fourth-order valence-corrected chi connectivity index (χ4v) is 5.83. The first kappa shape index (κ1) is 21.0. The number of fused-ring (bicyclic) bond motifs is 8. The van der Waals surface area contributed by atoms with E-state index in [1.54, 1.807) is 0 Å². The van der Waals surface area contributed by atoms with Gasteiger partial charge in [0.25, 0.3) is 0 Å². The molecule has 4 aliphatic rings. The minimum atomic E-state index is -4.58. The maximum atomic E-state index is 13.0. The Bertz CT molecular complexity index is 1060. The molecule has 13 heteroatoms. The first-order valence-corrected chi connectivity index (χ1v) is 10.3. The number of nitrogens with one attached hydrogen (secondary N) is 1. The van der Waals surface area contributed by atoms with Crippen molar-refractivity contribution in [1.82, 2.24) is 9.88 Å². The second kappa shape index (κ2) is 7.06. The van der Waals surface area contributed by atoms with E-state index in [1.807, 2.05) is 0 Å². The first-order chi connectivity index (χ1) is 15.1. The summed E-state index contributed by atoms with van der Waals surface area (Å²) >= 11 is 5.86. The van der Waals surface area contributed by atoms with Crippen molar-refractivity contribution in [2.45, 2.75) is 18.7 Å². The number of pyridine rings is 1. The van der Waals surface area contributed by atoms with Gasteiger partial charge in [-0.2, -0.15) is 13.2 Å². The van der Waals surface area contributed by atoms with E-state index >= 15 is 0 Å². The number of rotatable bonds is 5. The Kier molecular flexibility index (Phi) is 4.63. The lowest BCUT2D eigenvalue weighted by Gasteiger charge is -2.29. The summed E-state index contributed by atoms with van der Waals surface area (Å²) in [6.45, 7) is 0.00867. The Morgan fingerprint density at radius 2 is 1.94 bits per heavy atom. The summed E-state index contributed by atoms with van der Waals surface area (Å²) in [5, 5.41) is 15.5. The number of amides is 2. The SMILES string of the molecule is O=C(O)C1=NOC2C3CC(C12)C1C(=O)N(CCNc2ncc(C(F)(F)F)cc2Cl)C(=O)C31. The van der Waals surface area contributed by atoms with E-state index in [2.05, 4.69) is 15.5 Å². The summed E-state index contributed by atoms with van der Waals surface area (Å²) < 4.78 is 38.2. The third kappa shape index (κ3) is 2.95. The molecule has 0 aromatic carbocycles. The van der Waals surface area contributed by atoms with E-state index in [9.17, 15) is 32.7 Å². The van der Waals surface area contributed by atoms with Gasteiger partial charge in [-0.25, -0.2) is 9.78 Å². The molecule has 0 spiro atoms. The first-order valence-electron chi connectivity index (χ1n) is 9.88. The maximum Gasteiger partial charge on any atom is 0.417 e. The van der Waals surface area contributed by atoms with Crippen LogP contribution in [0.4, 0.5) is 19.0 Å². The van der Waals surface area contributed by atoms with Crippen molar-refractivity contribution in [3.05, 3.63) is 22.8 Å². The van der Waals surface area contributed by atoms with Gasteiger partial charge in [0.15, 0.2) is 5.71 Å². The molecule has 0 radical (unpaired) electrons. The standard InChI is InChI=1S/C19H16ClF3N4O5/c20-9-3-6(19(21,22)23)5-25-15(9)24-1-2-27-16(28)10-7-4-8(11(10)17(27)29)14-12(7)13(18(30)31)26-32-14/h3,5,7-8,10-12,14H,1-2,4H2,(H,24,25)(H,30,31). The Morgan fingerprint density at radius 3 is 2.56 bits per heavy atom. The van der Waals surface area contributed by atoms with Gasteiger partial charge < -0.3 is 15.3 Å². The highest BCUT2D eigenvalue weighted by Crippen LogP contribution is 2.61. The largest absolute Gasteiger partial charge is 0.477 e. The Labute approximate surface area is 183 Å². The molecule has 3 heterocycles. The average Bonchev–Trinajstić information content (AvgIpc) is 3.44. The second-order valence-corrected chi connectivity index (χ2v) is 8.71. The third-order valence-electron chi connectivity index (χ3n) is 6.80. The summed E-state index contributed by atoms with van der Waals surface area (Å²) in [6, 6.07) is 0.742. The number of nitrogens with zero attached hydrogens (tertiary/aromatic N) is 3. The van der Waals surface area contributed by atoms with E-state index < -0.39 is 41.6 Å². The number of carboxylic acids is 1. The van der Waals surface area contributed by atoms with Crippen molar-refractivity contribution in [2.75, 3.05) is 18.4 Å². The molecule has 5 rings (SSSR count). The molecule has 2 saturated carbocycles. The van der Waals surface area contributed by atoms with Gasteiger partial charge in [0.05, 0.1) is 28.3 Å². The minimum absolute atomic E-state index is 0.00395. The molecule has 2 amide bonds. The molecular formula is C19H16ClF3N4O5. The summed E-state index contributed by atoms with van der Waals surface area (Å²) in [7, 11) is 0. The molecule has 6 unspecified atom stereocenters. The van der Waals surface area contributed by atoms with Crippen LogP contribution in [0.3, 0.4) is 0 Å². The molecule has 9 nitrogen and oxygen atoms in total. The number of hydrogen-bond donors (Lipinski definition) is 2. The molecule has 2 aliphatic heterocycles. The fraction of sp³-hybridized carbons (Fsp3) is 0.526. The van der Waals surface area contributed by atoms with Gasteiger partial charge in [-0.3, -0.25) is 14.5 Å². The number of carbonyl (C=O) groups excluding carboxylic acids is 2. The molecule has 2 bridgehead atoms. The van der Waals surface area contributed by atoms with Gasteiger partial charge in [0.1, 0.15) is 11.9 Å². The number of aliphatic carboxylic acids is 1. The number of carbonyl (C=O) groups is 3. The number of halogens is 4. The Balaban J connectivity index is 1.26. The van der Waals surface area contributed by atoms with E-state index in [0.29, 0.717) is 12.6 Å². The van der Waals surface area contributed by atoms with Crippen molar-refractivity contribution < 1.29 is 37.5 Å². The van der Waals surface area contributed by atoms with Gasteiger partial charge >= 0.3 is 12.1 Å². The lowest BCUT2D eigenvalue weighted by atomic mass is 9.72. The molecule has 32 heavy (non-hydrogen) atoms. The van der Waals surface area contributed by atoms with Crippen molar-refractivity contribution in [1.29, 1.82) is 0 Å². The number of anilines is 1. The smallest absolute Gasteiger partial charge is 0.417 e. The molecule has 3 fully saturated rings. The zero-order valence-corrected chi connectivity index (χ0v) is 16.9. The topological polar surface area (TPSA) is 121 Å². The summed E-state index contributed by atoms with van der Waals surface area (Å²) in [5.74, 6) is -4.24. The van der Waals surface area contributed by atoms with Crippen LogP contribution in [0.1, 0.15) is 12.0 Å². The number of hydrogen-bond acceptors (Lipinski definition) is 7. The molecule has 1 saturated heterocycles. The number of imide groups is 1. The molecule has 6 atom stereocenters. The summed E-state index contributed by atoms with van der Waals surface area (Å²) in [6.07, 6.45) is -3.92. The van der Waals surface area contributed by atoms with Crippen molar-refractivity contribution >= 4 is 40.9 Å². The molecule has 2 aliphatic carbocycles. The number of oxime groups is 1. The van der Waals surface area contributed by atoms with Crippen LogP contribution >= 0.6 is 11.6 Å². The number of likely N-dealkylation sites (tertiary alicyclic amines) is 1. The highest BCUT2D eigenvalue weighted by atomic mass is 35.5. The lowest BCUT2D eigenvalue weighted by molar-refractivity contribution is -0.141. The molecule has 1 aromatic heterocycles. The van der Waals surface area contributed by atoms with Crippen LogP contribution in [0.5, 0.6) is 0 Å². The lowest BCUT2D eigenvalue weighted by Crippen LogP contribution is -2.42. The summed E-state index contributed by atoms with van der Waals surface area (Å²) in [5.41, 5.74) is -1.09. The van der Waals surface area contributed by atoms with Gasteiger partial charge in [-0.1, -0.05) is 16.8 Å². The van der Waals surface area contributed by atoms with Crippen molar-refractivity contribution in [3.63, 3.8) is 0 Å². The monoisotopic (exact) mass is 472 g/mol. The molecule has 170 valence electrons. The van der Waals surface area contributed by atoms with Crippen LogP contribution < -0.4 is 5.32 Å². The molecular weight excluding hydrogens is 457 g/mol. The van der Waals surface area contributed by atoms with E-state index in [0.717, 1.165) is 11.0 Å². The van der Waals surface area contributed by atoms with Crippen LogP contribution in [-0.4, -0.2) is 57.7 Å². The van der Waals surface area contributed by atoms with Crippen molar-refractivity contribution in [3.8, 4) is 0 Å².